The molecule has 22 nitrogen and oxygen atoms in total. The molecule has 5 rings (SSSR count). The lowest BCUT2D eigenvalue weighted by atomic mass is 9.82. The zero-order valence-electron chi connectivity index (χ0n) is 51.5. The van der Waals surface area contributed by atoms with Crippen molar-refractivity contribution in [3.05, 3.63) is 115 Å². The lowest BCUT2D eigenvalue weighted by molar-refractivity contribution is -0.307. The average Bonchev–Trinajstić information content (AvgIpc) is 0.946. The molecule has 0 saturated carbocycles. The van der Waals surface area contributed by atoms with Gasteiger partial charge < -0.3 is 91.3 Å². The number of allylic oxidation sites excluding steroid dienone is 12. The summed E-state index contributed by atoms with van der Waals surface area (Å²) in [5.74, 6) is -6.39. The summed E-state index contributed by atoms with van der Waals surface area (Å²) in [6, 6.07) is 5.79. The first-order chi connectivity index (χ1) is 41.9. The van der Waals surface area contributed by atoms with Gasteiger partial charge in [-0.2, -0.15) is 0 Å². The zero-order chi connectivity index (χ0) is 64.3. The summed E-state index contributed by atoms with van der Waals surface area (Å²) in [6.45, 7) is 7.91. The molecule has 0 radical (unpaired) electrons. The second-order valence-electron chi connectivity index (χ2n) is 24.3. The number of likely N-dealkylation sites (tertiary alicyclic amines) is 1. The predicted molar refractivity (Wildman–Crippen MR) is 331 cm³/mol. The molecule has 4 aliphatic heterocycles. The van der Waals surface area contributed by atoms with E-state index in [0.29, 0.717) is 18.5 Å². The number of nitrogens with one attached hydrogen (secondary N) is 2. The molecule has 4 heterocycles. The maximum Gasteiger partial charge on any atom is 0.308 e. The first kappa shape index (κ1) is 73.6. The zero-order valence-corrected chi connectivity index (χ0v) is 51.5. The highest BCUT2D eigenvalue weighted by molar-refractivity contribution is 5.96. The van der Waals surface area contributed by atoms with Gasteiger partial charge in [0.05, 0.1) is 85.5 Å². The van der Waals surface area contributed by atoms with E-state index >= 15 is 0 Å². The Bertz CT molecular complexity index is 2500. The second-order valence-corrected chi connectivity index (χ2v) is 24.3. The number of rotatable bonds is 14. The van der Waals surface area contributed by atoms with Crippen molar-refractivity contribution >= 4 is 29.1 Å². The highest BCUT2D eigenvalue weighted by Gasteiger charge is 2.51. The summed E-state index contributed by atoms with van der Waals surface area (Å²) in [7, 11) is 1.77. The van der Waals surface area contributed by atoms with E-state index in [4.69, 9.17) is 24.7 Å². The van der Waals surface area contributed by atoms with Gasteiger partial charge in [0, 0.05) is 75.8 Å². The number of esters is 1. The summed E-state index contributed by atoms with van der Waals surface area (Å²) in [5, 5.41) is 117. The van der Waals surface area contributed by atoms with Gasteiger partial charge in [0.25, 0.3) is 0 Å². The first-order valence-electron chi connectivity index (χ1n) is 31.2. The number of fused-ring (bicyclic) bond motifs is 2. The summed E-state index contributed by atoms with van der Waals surface area (Å²) in [5.41, 5.74) is 7.48. The molecule has 14 N–H and O–H groups in total. The Morgan fingerprint density at radius 2 is 1.31 bits per heavy atom. The summed E-state index contributed by atoms with van der Waals surface area (Å²) in [4.78, 5) is 55.8. The van der Waals surface area contributed by atoms with Crippen LogP contribution >= 0.6 is 0 Å². The van der Waals surface area contributed by atoms with E-state index in [1.165, 1.54) is 0 Å². The van der Waals surface area contributed by atoms with Crippen molar-refractivity contribution < 1.29 is 89.2 Å². The molecule has 1 amide bonds. The van der Waals surface area contributed by atoms with Crippen LogP contribution in [0.3, 0.4) is 0 Å². The number of carbonyl (C=O) groups excluding carboxylic acids is 4. The standard InChI is InChI=1S/C66H100N4O18/c1-42-20-16-13-11-9-7-5-6-8-10-12-14-17-21-54(86-65-62(82)60(67)61(81)44(3)85-65)39-57-59(64(83)69-28-31-70-29-18-15-19-30-70)56(79)41-66(84,88-57)40-53(77)36-51(75)34-49(73)32-48(72)33-50(74)35-52(76)38-58(80)87-63(42)43(2)22-27-47(71)37-55(78)45-23-25-46(68-4)26-24-45/h5-14,16-17,20-21,23-26,42-44,47-49,51-54,56-57,59-63,65,68,71-73,75-77,79,81-82,84H,15,18-19,22,27-41,67H2,1-4H3,(H,69,83)/b6-5-,9-7-,10-8-,13-11-,14-12-,20-16?,21-17?. The van der Waals surface area contributed by atoms with Crippen molar-refractivity contribution in [2.24, 2.45) is 23.5 Å². The van der Waals surface area contributed by atoms with Gasteiger partial charge in [-0.3, -0.25) is 19.2 Å². The molecule has 3 saturated heterocycles. The van der Waals surface area contributed by atoms with Crippen LogP contribution in [0.25, 0.3) is 0 Å². The van der Waals surface area contributed by atoms with Crippen LogP contribution in [0, 0.1) is 17.8 Å². The molecule has 19 atom stereocenters. The molecule has 1 aromatic rings. The van der Waals surface area contributed by atoms with E-state index in [2.05, 4.69) is 15.5 Å². The van der Waals surface area contributed by atoms with E-state index in [1.807, 2.05) is 38.2 Å². The third kappa shape index (κ3) is 25.6. The van der Waals surface area contributed by atoms with Crippen molar-refractivity contribution in [3.8, 4) is 0 Å². The fourth-order valence-corrected chi connectivity index (χ4v) is 11.7. The number of nitrogens with zero attached hydrogens (tertiary/aromatic N) is 1. The van der Waals surface area contributed by atoms with Crippen molar-refractivity contribution in [1.82, 2.24) is 10.2 Å². The van der Waals surface area contributed by atoms with Gasteiger partial charge in [-0.05, 0) is 95.1 Å². The first-order valence-corrected chi connectivity index (χ1v) is 31.2. The van der Waals surface area contributed by atoms with Crippen LogP contribution in [-0.2, 0) is 33.3 Å². The Kier molecular flexibility index (Phi) is 31.7. The number of carbonyl (C=O) groups is 4. The lowest BCUT2D eigenvalue weighted by Crippen LogP contribution is -2.62. The van der Waals surface area contributed by atoms with Crippen LogP contribution in [0.1, 0.15) is 127 Å². The number of Topliss-reactive ketones (excluding diaryl/α,β-unsaturated/α-hetero) is 2. The highest BCUT2D eigenvalue weighted by Crippen LogP contribution is 2.38. The number of aliphatic hydroxyl groups excluding tert-OH is 9. The largest absolute Gasteiger partial charge is 0.461 e. The Balaban J connectivity index is 1.35. The molecular formula is C66H100N4O18. The van der Waals surface area contributed by atoms with Gasteiger partial charge in [-0.15, -0.1) is 0 Å². The predicted octanol–water partition coefficient (Wildman–Crippen LogP) is 3.26. The lowest BCUT2D eigenvalue weighted by Gasteiger charge is -2.46. The van der Waals surface area contributed by atoms with Crippen molar-refractivity contribution in [3.63, 3.8) is 0 Å². The molecule has 4 aliphatic rings. The fraction of sp³-hybridized carbons (Fsp3) is 0.636. The maximum absolute atomic E-state index is 14.1. The van der Waals surface area contributed by atoms with Crippen LogP contribution in [0.5, 0.6) is 0 Å². The van der Waals surface area contributed by atoms with E-state index in [9.17, 15) is 70.2 Å². The number of cyclic esters (lactones) is 1. The summed E-state index contributed by atoms with van der Waals surface area (Å²) < 4.78 is 24.4. The van der Waals surface area contributed by atoms with E-state index in [1.54, 1.807) is 99.0 Å². The van der Waals surface area contributed by atoms with Crippen LogP contribution in [0.2, 0.25) is 0 Å². The van der Waals surface area contributed by atoms with Crippen LogP contribution < -0.4 is 16.4 Å². The molecule has 88 heavy (non-hydrogen) atoms. The van der Waals surface area contributed by atoms with Gasteiger partial charge in [0.2, 0.25) is 5.91 Å². The number of ether oxygens (including phenoxy) is 4. The molecule has 492 valence electrons. The van der Waals surface area contributed by atoms with E-state index < -0.39 is 160 Å². The minimum absolute atomic E-state index is 0.101. The van der Waals surface area contributed by atoms with Gasteiger partial charge in [-0.1, -0.05) is 105 Å². The van der Waals surface area contributed by atoms with Gasteiger partial charge in [0.1, 0.15) is 18.0 Å². The van der Waals surface area contributed by atoms with Crippen molar-refractivity contribution in [1.29, 1.82) is 0 Å². The summed E-state index contributed by atoms with van der Waals surface area (Å²) in [6.07, 6.45) is 6.78. The number of benzene rings is 1. The molecule has 19 unspecified atom stereocenters. The Labute approximate surface area is 518 Å². The summed E-state index contributed by atoms with van der Waals surface area (Å²) >= 11 is 0. The van der Waals surface area contributed by atoms with Crippen LogP contribution in [0.15, 0.2) is 109 Å². The van der Waals surface area contributed by atoms with Crippen LogP contribution in [0.4, 0.5) is 5.69 Å². The topological polar surface area (TPSA) is 361 Å². The number of aliphatic hydroxyl groups is 10. The van der Waals surface area contributed by atoms with Gasteiger partial charge in [-0.25, -0.2) is 0 Å². The SMILES string of the molecule is CNc1ccc(C(=O)CC(O)CCC(C)C2OC(=O)CC(O)CC(=O)CC(O)CC(O)CC(O)CC(O)CC3(O)CC(O)C(C(=O)NCCN4CCCCC4)C(CC(OC4OC(C)C(O)C(N)C4O)C=C\C=C/C=C\C=C/C=C\C=C/C=CC2C)O3)cc1. The third-order valence-corrected chi connectivity index (χ3v) is 16.6. The quantitative estimate of drug-likeness (QED) is 0.0939. The average molecular weight is 1240 g/mol. The van der Waals surface area contributed by atoms with Crippen molar-refractivity contribution in [2.45, 2.75) is 215 Å². The highest BCUT2D eigenvalue weighted by atomic mass is 16.7. The molecule has 2 bridgehead atoms. The number of hydrogen-bond donors (Lipinski definition) is 13. The minimum Gasteiger partial charge on any atom is -0.461 e. The minimum atomic E-state index is -2.27. The Morgan fingerprint density at radius 1 is 0.727 bits per heavy atom. The van der Waals surface area contributed by atoms with Gasteiger partial charge in [0.15, 0.2) is 17.9 Å². The Hall–Kier alpha value is -5.12. The second kappa shape index (κ2) is 37.9. The van der Waals surface area contributed by atoms with E-state index in [0.717, 1.165) is 38.0 Å². The molecule has 0 aromatic heterocycles. The molecule has 0 spiro atoms. The number of nitrogens with two attached hydrogens (primary N) is 1. The number of hydrogen-bond acceptors (Lipinski definition) is 21. The van der Waals surface area contributed by atoms with Crippen molar-refractivity contribution in [2.75, 3.05) is 38.5 Å². The number of anilines is 1. The molecule has 22 heteroatoms. The normalized spacial score (nSPS) is 36.2. The van der Waals surface area contributed by atoms with E-state index in [-0.39, 0.29) is 56.3 Å². The molecule has 1 aromatic carbocycles. The fourth-order valence-electron chi connectivity index (χ4n) is 11.7. The Morgan fingerprint density at radius 3 is 1.93 bits per heavy atom. The molecule has 0 aliphatic carbocycles. The molecular weight excluding hydrogens is 1140 g/mol. The number of piperidine rings is 1. The number of ketones is 2. The monoisotopic (exact) mass is 1240 g/mol. The van der Waals surface area contributed by atoms with Gasteiger partial charge >= 0.3 is 5.97 Å². The molecule has 3 fully saturated rings. The number of amides is 1. The smallest absolute Gasteiger partial charge is 0.308 e. The maximum atomic E-state index is 14.1. The third-order valence-electron chi connectivity index (χ3n) is 16.6. The van der Waals surface area contributed by atoms with Crippen LogP contribution in [-0.4, -0.2) is 210 Å².